The first-order valence-electron chi connectivity index (χ1n) is 6.69. The molecular formula is C13H25N3O3. The minimum absolute atomic E-state index is 0.662. The summed E-state index contributed by atoms with van der Waals surface area (Å²) in [6.45, 7) is 4.53. The normalized spacial score (nSPS) is 10.8. The fourth-order valence-electron chi connectivity index (χ4n) is 1.62. The van der Waals surface area contributed by atoms with Gasteiger partial charge in [0.15, 0.2) is 0 Å². The van der Waals surface area contributed by atoms with Crippen LogP contribution in [0.25, 0.3) is 0 Å². The van der Waals surface area contributed by atoms with Crippen LogP contribution in [-0.4, -0.2) is 56.7 Å². The predicted octanol–water partition coefficient (Wildman–Crippen LogP) is 1.38. The van der Waals surface area contributed by atoms with Crippen molar-refractivity contribution >= 4 is 5.95 Å². The number of aromatic nitrogens is 2. The number of ether oxygens (including phenoxy) is 3. The Bertz CT molecular complexity index is 318. The number of anilines is 1. The van der Waals surface area contributed by atoms with Crippen molar-refractivity contribution in [3.63, 3.8) is 0 Å². The van der Waals surface area contributed by atoms with Crippen molar-refractivity contribution in [2.75, 3.05) is 52.5 Å². The summed E-state index contributed by atoms with van der Waals surface area (Å²) in [5, 5.41) is 3.32. The van der Waals surface area contributed by atoms with Gasteiger partial charge >= 0.3 is 0 Å². The summed E-state index contributed by atoms with van der Waals surface area (Å²) in [7, 11) is 3.38. The molecule has 0 aliphatic carbocycles. The molecule has 110 valence electrons. The molecule has 1 rings (SSSR count). The lowest BCUT2D eigenvalue weighted by atomic mass is 10.3. The highest BCUT2D eigenvalue weighted by molar-refractivity contribution is 5.25. The van der Waals surface area contributed by atoms with Gasteiger partial charge in [0.25, 0.3) is 0 Å². The van der Waals surface area contributed by atoms with E-state index in [9.17, 15) is 0 Å². The molecule has 1 N–H and O–H groups in total. The van der Waals surface area contributed by atoms with Crippen molar-refractivity contribution < 1.29 is 14.2 Å². The van der Waals surface area contributed by atoms with E-state index in [1.807, 2.05) is 6.20 Å². The topological polar surface area (TPSA) is 57.5 Å². The maximum absolute atomic E-state index is 5.40. The van der Waals surface area contributed by atoms with Crippen LogP contribution in [0.4, 0.5) is 5.95 Å². The molecule has 0 bridgehead atoms. The molecule has 0 radical (unpaired) electrons. The molecule has 0 saturated carbocycles. The SMILES string of the molecule is COCCOCCCCNc1nccn1CCOC. The summed E-state index contributed by atoms with van der Waals surface area (Å²) in [6, 6.07) is 0. The van der Waals surface area contributed by atoms with Gasteiger partial charge in [-0.3, -0.25) is 0 Å². The lowest BCUT2D eigenvalue weighted by molar-refractivity contribution is 0.0691. The summed E-state index contributed by atoms with van der Waals surface area (Å²) in [5.41, 5.74) is 0. The van der Waals surface area contributed by atoms with E-state index >= 15 is 0 Å². The van der Waals surface area contributed by atoms with Gasteiger partial charge in [-0.2, -0.15) is 0 Å². The molecule has 0 unspecified atom stereocenters. The Morgan fingerprint density at radius 3 is 2.74 bits per heavy atom. The molecule has 6 nitrogen and oxygen atoms in total. The third-order valence-electron chi connectivity index (χ3n) is 2.68. The van der Waals surface area contributed by atoms with Crippen LogP contribution in [0.15, 0.2) is 12.4 Å². The van der Waals surface area contributed by atoms with Gasteiger partial charge < -0.3 is 24.1 Å². The highest BCUT2D eigenvalue weighted by Gasteiger charge is 2.00. The third-order valence-corrected chi connectivity index (χ3v) is 2.68. The summed E-state index contributed by atoms with van der Waals surface area (Å²) >= 11 is 0. The molecule has 19 heavy (non-hydrogen) atoms. The zero-order valence-electron chi connectivity index (χ0n) is 11.9. The summed E-state index contributed by atoms with van der Waals surface area (Å²) in [5.74, 6) is 0.900. The molecule has 0 aliphatic rings. The Labute approximate surface area is 115 Å². The molecule has 0 amide bonds. The average Bonchev–Trinajstić information content (AvgIpc) is 2.87. The molecule has 0 aromatic carbocycles. The van der Waals surface area contributed by atoms with Crippen molar-refractivity contribution in [3.05, 3.63) is 12.4 Å². The third kappa shape index (κ3) is 7.15. The van der Waals surface area contributed by atoms with Gasteiger partial charge in [-0.1, -0.05) is 0 Å². The van der Waals surface area contributed by atoms with Gasteiger partial charge in [-0.25, -0.2) is 4.98 Å². The van der Waals surface area contributed by atoms with Gasteiger partial charge in [0.1, 0.15) is 0 Å². The Hall–Kier alpha value is -1.11. The second-order valence-electron chi connectivity index (χ2n) is 4.18. The zero-order valence-corrected chi connectivity index (χ0v) is 11.9. The predicted molar refractivity (Wildman–Crippen MR) is 74.5 cm³/mol. The highest BCUT2D eigenvalue weighted by Crippen LogP contribution is 2.04. The number of methoxy groups -OCH3 is 2. The molecule has 0 spiro atoms. The van der Waals surface area contributed by atoms with Crippen molar-refractivity contribution in [3.8, 4) is 0 Å². The number of hydrogen-bond donors (Lipinski definition) is 1. The largest absolute Gasteiger partial charge is 0.383 e. The number of nitrogens with one attached hydrogen (secondary N) is 1. The van der Waals surface area contributed by atoms with E-state index in [2.05, 4.69) is 14.9 Å². The van der Waals surface area contributed by atoms with Crippen LogP contribution in [0.5, 0.6) is 0 Å². The van der Waals surface area contributed by atoms with E-state index in [-0.39, 0.29) is 0 Å². The molecule has 1 aromatic rings. The van der Waals surface area contributed by atoms with E-state index in [0.29, 0.717) is 19.8 Å². The minimum atomic E-state index is 0.662. The van der Waals surface area contributed by atoms with E-state index in [1.165, 1.54) is 0 Å². The van der Waals surface area contributed by atoms with Gasteiger partial charge in [0.05, 0.1) is 19.8 Å². The lowest BCUT2D eigenvalue weighted by Gasteiger charge is -2.09. The molecule has 0 fully saturated rings. The first kappa shape index (κ1) is 15.9. The molecule has 0 aliphatic heterocycles. The second kappa shape index (κ2) is 10.8. The first-order chi connectivity index (χ1) is 9.38. The fraction of sp³-hybridized carbons (Fsp3) is 0.769. The Morgan fingerprint density at radius 2 is 1.95 bits per heavy atom. The van der Waals surface area contributed by atoms with Crippen molar-refractivity contribution in [2.45, 2.75) is 19.4 Å². The Morgan fingerprint density at radius 1 is 1.11 bits per heavy atom. The molecule has 0 saturated heterocycles. The smallest absolute Gasteiger partial charge is 0.202 e. The molecule has 1 heterocycles. The first-order valence-corrected chi connectivity index (χ1v) is 6.69. The van der Waals surface area contributed by atoms with Gasteiger partial charge in [0, 0.05) is 46.3 Å². The minimum Gasteiger partial charge on any atom is -0.383 e. The number of unbranched alkanes of at least 4 members (excludes halogenated alkanes) is 1. The van der Waals surface area contributed by atoms with Crippen LogP contribution < -0.4 is 5.32 Å². The zero-order chi connectivity index (χ0) is 13.8. The van der Waals surface area contributed by atoms with Crippen LogP contribution in [-0.2, 0) is 20.8 Å². The van der Waals surface area contributed by atoms with Crippen molar-refractivity contribution in [1.29, 1.82) is 0 Å². The average molecular weight is 271 g/mol. The monoisotopic (exact) mass is 271 g/mol. The Kier molecular flexibility index (Phi) is 9.05. The van der Waals surface area contributed by atoms with Gasteiger partial charge in [-0.05, 0) is 12.8 Å². The van der Waals surface area contributed by atoms with Crippen molar-refractivity contribution in [1.82, 2.24) is 9.55 Å². The molecular weight excluding hydrogens is 246 g/mol. The quantitative estimate of drug-likeness (QED) is 0.582. The number of rotatable bonds is 12. The van der Waals surface area contributed by atoms with Crippen LogP contribution in [0, 0.1) is 0 Å². The second-order valence-corrected chi connectivity index (χ2v) is 4.18. The van der Waals surface area contributed by atoms with E-state index in [4.69, 9.17) is 14.2 Å². The maximum atomic E-state index is 5.40. The van der Waals surface area contributed by atoms with Gasteiger partial charge in [-0.15, -0.1) is 0 Å². The lowest BCUT2D eigenvalue weighted by Crippen LogP contribution is -2.11. The summed E-state index contributed by atoms with van der Waals surface area (Å²) < 4.78 is 17.4. The highest BCUT2D eigenvalue weighted by atomic mass is 16.5. The number of imidazole rings is 1. The van der Waals surface area contributed by atoms with Crippen LogP contribution in [0.3, 0.4) is 0 Å². The van der Waals surface area contributed by atoms with Crippen LogP contribution >= 0.6 is 0 Å². The maximum Gasteiger partial charge on any atom is 0.202 e. The molecule has 0 atom stereocenters. The number of hydrogen-bond acceptors (Lipinski definition) is 5. The molecule has 1 aromatic heterocycles. The van der Waals surface area contributed by atoms with Gasteiger partial charge in [0.2, 0.25) is 5.95 Å². The van der Waals surface area contributed by atoms with E-state index < -0.39 is 0 Å². The van der Waals surface area contributed by atoms with Crippen LogP contribution in [0.1, 0.15) is 12.8 Å². The van der Waals surface area contributed by atoms with E-state index in [1.54, 1.807) is 20.4 Å². The molecule has 6 heteroatoms. The Balaban J connectivity index is 2.04. The standard InChI is InChI=1S/C13H25N3O3/c1-17-10-8-16-7-6-15-13(16)14-5-3-4-9-19-12-11-18-2/h6-7H,3-5,8-12H2,1-2H3,(H,14,15). The summed E-state index contributed by atoms with van der Waals surface area (Å²) in [4.78, 5) is 4.28. The van der Waals surface area contributed by atoms with Crippen LogP contribution in [0.2, 0.25) is 0 Å². The van der Waals surface area contributed by atoms with Crippen molar-refractivity contribution in [2.24, 2.45) is 0 Å². The fourth-order valence-corrected chi connectivity index (χ4v) is 1.62. The van der Waals surface area contributed by atoms with E-state index in [0.717, 1.165) is 38.5 Å². The number of nitrogens with zero attached hydrogens (tertiary/aromatic N) is 2. The summed E-state index contributed by atoms with van der Waals surface area (Å²) in [6.07, 6.45) is 5.85.